The maximum atomic E-state index is 12.6. The Bertz CT molecular complexity index is 1170. The molecule has 4 aliphatic rings. The highest BCUT2D eigenvalue weighted by atomic mass is 32.2. The van der Waals surface area contributed by atoms with Crippen molar-refractivity contribution in [3.05, 3.63) is 60.2 Å². The van der Waals surface area contributed by atoms with Crippen molar-refractivity contribution in [3.8, 4) is 11.4 Å². The number of aromatic nitrogens is 3. The topological polar surface area (TPSA) is 59.8 Å². The first-order chi connectivity index (χ1) is 16.6. The van der Waals surface area contributed by atoms with Crippen molar-refractivity contribution in [3.63, 3.8) is 0 Å². The fourth-order valence-corrected chi connectivity index (χ4v) is 7.75. The predicted octanol–water partition coefficient (Wildman–Crippen LogP) is 6.32. The molecule has 3 aromatic rings. The molecule has 34 heavy (non-hydrogen) atoms. The van der Waals surface area contributed by atoms with Gasteiger partial charge in [0.2, 0.25) is 5.91 Å². The first kappa shape index (κ1) is 21.9. The highest BCUT2D eigenvalue weighted by molar-refractivity contribution is 7.99. The molecule has 5 nitrogen and oxygen atoms in total. The molecule has 4 saturated carbocycles. The van der Waals surface area contributed by atoms with E-state index in [2.05, 4.69) is 39.8 Å². The van der Waals surface area contributed by atoms with Gasteiger partial charge >= 0.3 is 0 Å². The van der Waals surface area contributed by atoms with Crippen LogP contribution < -0.4 is 5.32 Å². The fraction of sp³-hybridized carbons (Fsp3) is 0.464. The molecule has 1 aromatic heterocycles. The van der Waals surface area contributed by atoms with E-state index in [1.165, 1.54) is 62.3 Å². The number of fused-ring (bicyclic) bond motifs is 1. The van der Waals surface area contributed by atoms with Gasteiger partial charge in [-0.05, 0) is 85.8 Å². The lowest BCUT2D eigenvalue weighted by Crippen LogP contribution is -2.37. The monoisotopic (exact) mass is 474 g/mol. The molecular weight excluding hydrogens is 440 g/mol. The highest BCUT2D eigenvalue weighted by Gasteiger charge is 2.48. The zero-order chi connectivity index (χ0) is 23.1. The summed E-state index contributed by atoms with van der Waals surface area (Å²) in [4.78, 5) is 12.6. The van der Waals surface area contributed by atoms with E-state index in [1.54, 1.807) is 0 Å². The van der Waals surface area contributed by atoms with Crippen LogP contribution in [0.5, 0.6) is 0 Å². The molecule has 178 valence electrons. The van der Waals surface area contributed by atoms with E-state index in [0.29, 0.717) is 11.2 Å². The third-order valence-corrected chi connectivity index (χ3v) is 9.39. The molecule has 1 amide bonds. The summed E-state index contributed by atoms with van der Waals surface area (Å²) < 4.78 is 1.94. The zero-order valence-corrected chi connectivity index (χ0v) is 20.6. The maximum absolute atomic E-state index is 12.6. The zero-order valence-electron chi connectivity index (χ0n) is 19.7. The Labute approximate surface area is 207 Å². The minimum Gasteiger partial charge on any atom is -0.325 e. The van der Waals surface area contributed by atoms with Crippen LogP contribution in [0, 0.1) is 17.8 Å². The molecule has 0 saturated heterocycles. The van der Waals surface area contributed by atoms with E-state index in [-0.39, 0.29) is 7.33 Å². The fourth-order valence-electron chi connectivity index (χ4n) is 7.04. The van der Waals surface area contributed by atoms with Gasteiger partial charge in [0.1, 0.15) is 0 Å². The van der Waals surface area contributed by atoms with E-state index >= 15 is 0 Å². The van der Waals surface area contributed by atoms with Gasteiger partial charge in [-0.1, -0.05) is 54.2 Å². The third kappa shape index (κ3) is 4.17. The second-order valence-corrected chi connectivity index (χ2v) is 11.6. The molecule has 2 unspecified atom stereocenters. The number of thioether (sulfide) groups is 1. The van der Waals surface area contributed by atoms with Crippen molar-refractivity contribution >= 4 is 23.4 Å². The maximum Gasteiger partial charge on any atom is 0.234 e. The molecule has 1 heterocycles. The van der Waals surface area contributed by atoms with E-state index in [1.807, 2.05) is 41.9 Å². The standard InChI is InChI=1S/C28H32N4OS.H2/c1-32-26(22-5-3-2-4-6-22)30-31-27(32)34-18-25(33)29-24-9-7-23(8-10-24)28-12-11-19-13-20(16-28)15-21(14-19)17-28;/h2-10,19-21H,11-18H2,1H3,(H,29,33);1H. The van der Waals surface area contributed by atoms with Crippen LogP contribution in [0.25, 0.3) is 11.4 Å². The molecule has 1 N–H and O–H groups in total. The average Bonchev–Trinajstić information content (AvgIpc) is 3.09. The van der Waals surface area contributed by atoms with Gasteiger partial charge in [-0.3, -0.25) is 4.79 Å². The van der Waals surface area contributed by atoms with E-state index in [4.69, 9.17) is 0 Å². The van der Waals surface area contributed by atoms with Crippen LogP contribution in [-0.4, -0.2) is 26.4 Å². The number of hydrogen-bond acceptors (Lipinski definition) is 4. The summed E-state index contributed by atoms with van der Waals surface area (Å²) in [5.74, 6) is 3.92. The summed E-state index contributed by atoms with van der Waals surface area (Å²) in [7, 11) is 1.94. The van der Waals surface area contributed by atoms with Crippen LogP contribution in [0.3, 0.4) is 0 Å². The lowest BCUT2D eigenvalue weighted by Gasteiger charge is -2.45. The summed E-state index contributed by atoms with van der Waals surface area (Å²) in [5.41, 5.74) is 3.76. The summed E-state index contributed by atoms with van der Waals surface area (Å²) in [6.45, 7) is 0. The lowest BCUT2D eigenvalue weighted by atomic mass is 9.59. The number of amides is 1. The number of nitrogens with one attached hydrogen (secondary N) is 1. The van der Waals surface area contributed by atoms with Gasteiger partial charge in [0, 0.05) is 19.7 Å². The van der Waals surface area contributed by atoms with Gasteiger partial charge in [0.25, 0.3) is 0 Å². The molecular formula is C28H34N4OS. The predicted molar refractivity (Wildman–Crippen MR) is 139 cm³/mol. The molecule has 2 aromatic carbocycles. The largest absolute Gasteiger partial charge is 0.325 e. The van der Waals surface area contributed by atoms with Gasteiger partial charge in [-0.2, -0.15) is 0 Å². The van der Waals surface area contributed by atoms with Crippen LogP contribution in [0.2, 0.25) is 0 Å². The smallest absolute Gasteiger partial charge is 0.234 e. The summed E-state index contributed by atoms with van der Waals surface area (Å²) in [5, 5.41) is 12.4. The van der Waals surface area contributed by atoms with Gasteiger partial charge in [0.05, 0.1) is 5.75 Å². The Hall–Kier alpha value is -2.60. The lowest BCUT2D eigenvalue weighted by molar-refractivity contribution is -0.113. The van der Waals surface area contributed by atoms with Crippen molar-refractivity contribution < 1.29 is 6.22 Å². The average molecular weight is 475 g/mol. The number of carbonyl (C=O) groups is 1. The van der Waals surface area contributed by atoms with E-state index < -0.39 is 0 Å². The highest BCUT2D eigenvalue weighted by Crippen LogP contribution is 2.57. The molecule has 0 spiro atoms. The van der Waals surface area contributed by atoms with Gasteiger partial charge in [-0.25, -0.2) is 0 Å². The number of hydrogen-bond donors (Lipinski definition) is 1. The van der Waals surface area contributed by atoms with Crippen LogP contribution in [0.4, 0.5) is 5.69 Å². The SMILES string of the molecule is Cn1c(SCC(=O)Nc2ccc(C34CCC5CC(CC(C5)C3)C4)cc2)nnc1-c1ccccc1.[HH]. The number of nitrogens with zero attached hydrogens (tertiary/aromatic N) is 3. The van der Waals surface area contributed by atoms with Crippen LogP contribution in [0.15, 0.2) is 59.8 Å². The molecule has 4 aliphatic carbocycles. The Morgan fingerprint density at radius 3 is 2.47 bits per heavy atom. The van der Waals surface area contributed by atoms with Crippen LogP contribution in [-0.2, 0) is 17.3 Å². The van der Waals surface area contributed by atoms with Gasteiger partial charge < -0.3 is 9.88 Å². The van der Waals surface area contributed by atoms with Gasteiger partial charge in [0.15, 0.2) is 11.0 Å². The third-order valence-electron chi connectivity index (χ3n) is 8.37. The Kier molecular flexibility index (Phi) is 5.72. The van der Waals surface area contributed by atoms with Crippen molar-refractivity contribution in [1.82, 2.24) is 14.8 Å². The minimum atomic E-state index is -0.0202. The summed E-state index contributed by atoms with van der Waals surface area (Å²) in [6, 6.07) is 18.7. The van der Waals surface area contributed by atoms with E-state index in [0.717, 1.165) is 40.0 Å². The number of carbonyl (C=O) groups excluding carboxylic acids is 1. The molecule has 6 heteroatoms. The first-order valence-corrected chi connectivity index (χ1v) is 13.5. The van der Waals surface area contributed by atoms with Gasteiger partial charge in [-0.15, -0.1) is 10.2 Å². The molecule has 0 radical (unpaired) electrons. The van der Waals surface area contributed by atoms with Crippen molar-refractivity contribution in [2.75, 3.05) is 11.1 Å². The molecule has 0 aliphatic heterocycles. The summed E-state index contributed by atoms with van der Waals surface area (Å²) >= 11 is 1.41. The minimum absolute atomic E-state index is 0. The normalized spacial score (nSPS) is 27.5. The van der Waals surface area contributed by atoms with E-state index in [9.17, 15) is 4.79 Å². The Balaban J connectivity index is 0.00000253. The number of rotatable bonds is 6. The Morgan fingerprint density at radius 2 is 1.74 bits per heavy atom. The second-order valence-electron chi connectivity index (χ2n) is 10.7. The first-order valence-electron chi connectivity index (χ1n) is 12.6. The molecule has 4 fully saturated rings. The van der Waals surface area contributed by atoms with Crippen molar-refractivity contribution in [1.29, 1.82) is 0 Å². The molecule has 7 rings (SSSR count). The number of benzene rings is 2. The van der Waals surface area contributed by atoms with Crippen LogP contribution >= 0.6 is 11.8 Å². The molecule has 4 bridgehead atoms. The quantitative estimate of drug-likeness (QED) is 0.425. The van der Waals surface area contributed by atoms with Crippen molar-refractivity contribution in [2.24, 2.45) is 24.8 Å². The van der Waals surface area contributed by atoms with Crippen molar-refractivity contribution in [2.45, 2.75) is 55.5 Å². The second kappa shape index (κ2) is 8.88. The summed E-state index contributed by atoms with van der Waals surface area (Å²) in [6.07, 6.45) is 9.86. The number of anilines is 1. The van der Waals surface area contributed by atoms with Crippen LogP contribution in [0.1, 0.15) is 51.9 Å². The molecule has 2 atom stereocenters. The Morgan fingerprint density at radius 1 is 1.03 bits per heavy atom.